The lowest BCUT2D eigenvalue weighted by atomic mass is 10.3. The van der Waals surface area contributed by atoms with Crippen molar-refractivity contribution in [1.29, 1.82) is 0 Å². The van der Waals surface area contributed by atoms with E-state index in [4.69, 9.17) is 0 Å². The fourth-order valence-corrected chi connectivity index (χ4v) is 4.02. The lowest BCUT2D eigenvalue weighted by molar-refractivity contribution is -0.118. The Labute approximate surface area is 134 Å². The van der Waals surface area contributed by atoms with Gasteiger partial charge in [0.1, 0.15) is 0 Å². The van der Waals surface area contributed by atoms with Gasteiger partial charge in [0.05, 0.1) is 15.1 Å². The van der Waals surface area contributed by atoms with E-state index >= 15 is 0 Å². The van der Waals surface area contributed by atoms with Crippen LogP contribution >= 0.6 is 11.3 Å². The normalized spacial score (nSPS) is 13.0. The molecule has 1 aromatic carbocycles. The first-order valence-electron chi connectivity index (χ1n) is 7.27. The molecule has 0 saturated carbocycles. The third-order valence-electron chi connectivity index (χ3n) is 3.21. The summed E-state index contributed by atoms with van der Waals surface area (Å²) in [6, 6.07) is 5.06. The van der Waals surface area contributed by atoms with Crippen molar-refractivity contribution < 1.29 is 13.2 Å². The molecule has 5 nitrogen and oxygen atoms in total. The highest BCUT2D eigenvalue weighted by Crippen LogP contribution is 2.22. The van der Waals surface area contributed by atoms with Crippen LogP contribution in [0.2, 0.25) is 0 Å². The molecule has 7 heteroatoms. The van der Waals surface area contributed by atoms with Crippen molar-refractivity contribution in [3.05, 3.63) is 23.0 Å². The van der Waals surface area contributed by atoms with Gasteiger partial charge in [0.15, 0.2) is 14.6 Å². The largest absolute Gasteiger partial charge is 0.316 e. The van der Waals surface area contributed by atoms with E-state index in [0.717, 1.165) is 29.6 Å². The summed E-state index contributed by atoms with van der Waals surface area (Å²) in [4.78, 5) is 16.9. The molecule has 0 saturated heterocycles. The van der Waals surface area contributed by atoms with E-state index in [-0.39, 0.29) is 10.8 Å². The van der Waals surface area contributed by atoms with Crippen molar-refractivity contribution in [2.75, 3.05) is 6.26 Å². The Morgan fingerprint density at radius 1 is 1.27 bits per heavy atom. The second-order valence-electron chi connectivity index (χ2n) is 5.19. The number of thiazole rings is 1. The molecule has 0 spiro atoms. The molecule has 22 heavy (non-hydrogen) atoms. The third-order valence-corrected chi connectivity index (χ3v) is 5.37. The highest BCUT2D eigenvalue weighted by Gasteiger charge is 2.12. The molecule has 0 fully saturated rings. The van der Waals surface area contributed by atoms with E-state index in [0.29, 0.717) is 11.2 Å². The first kappa shape index (κ1) is 16.9. The monoisotopic (exact) mass is 340 g/mol. The fraction of sp³-hybridized carbons (Fsp3) is 0.467. The third kappa shape index (κ3) is 3.64. The molecule has 1 amide bonds. The zero-order valence-corrected chi connectivity index (χ0v) is 14.6. The van der Waals surface area contributed by atoms with E-state index in [9.17, 15) is 13.2 Å². The molecule has 0 atom stereocenters. The van der Waals surface area contributed by atoms with Gasteiger partial charge in [-0.1, -0.05) is 25.2 Å². The molecule has 2 aromatic rings. The van der Waals surface area contributed by atoms with Gasteiger partial charge in [0, 0.05) is 19.2 Å². The number of carbonyl (C=O) groups is 1. The number of aryl methyl sites for hydroxylation is 1. The Bertz CT molecular complexity index is 861. The number of hydrogen-bond acceptors (Lipinski definition) is 4. The highest BCUT2D eigenvalue weighted by atomic mass is 32.2. The number of nitrogens with zero attached hydrogens (tertiary/aromatic N) is 2. The SMILES string of the molecule is CCCC(=O)N=c1sc2cc(S(C)(=O)=O)ccc2n1CCC. The van der Waals surface area contributed by atoms with Gasteiger partial charge in [-0.25, -0.2) is 8.42 Å². The molecule has 0 unspecified atom stereocenters. The van der Waals surface area contributed by atoms with Gasteiger partial charge < -0.3 is 4.57 Å². The van der Waals surface area contributed by atoms with E-state index in [2.05, 4.69) is 11.9 Å². The fourth-order valence-electron chi connectivity index (χ4n) is 2.19. The Morgan fingerprint density at radius 2 is 2.00 bits per heavy atom. The van der Waals surface area contributed by atoms with Crippen molar-refractivity contribution in [3.8, 4) is 0 Å². The highest BCUT2D eigenvalue weighted by molar-refractivity contribution is 7.90. The zero-order valence-electron chi connectivity index (χ0n) is 13.0. The second-order valence-corrected chi connectivity index (χ2v) is 8.22. The number of fused-ring (bicyclic) bond motifs is 1. The Morgan fingerprint density at radius 3 is 2.59 bits per heavy atom. The number of carbonyl (C=O) groups excluding carboxylic acids is 1. The molecule has 2 rings (SSSR count). The molecular weight excluding hydrogens is 320 g/mol. The van der Waals surface area contributed by atoms with Crippen molar-refractivity contribution in [1.82, 2.24) is 4.57 Å². The Balaban J connectivity index is 2.66. The van der Waals surface area contributed by atoms with E-state index in [1.165, 1.54) is 17.6 Å². The standard InChI is InChI=1S/C15H20N2O3S2/c1-4-6-14(18)16-15-17(9-5-2)12-8-7-11(22(3,19)20)10-13(12)21-15/h7-8,10H,4-6,9H2,1-3H3. The number of aromatic nitrogens is 1. The van der Waals surface area contributed by atoms with Crippen LogP contribution in [0.5, 0.6) is 0 Å². The second kappa shape index (κ2) is 6.75. The van der Waals surface area contributed by atoms with Gasteiger partial charge in [0.25, 0.3) is 0 Å². The minimum absolute atomic E-state index is 0.137. The van der Waals surface area contributed by atoms with Gasteiger partial charge in [-0.05, 0) is 31.0 Å². The number of amides is 1. The summed E-state index contributed by atoms with van der Waals surface area (Å²) in [6.07, 6.45) is 3.29. The van der Waals surface area contributed by atoms with Gasteiger partial charge in [-0.2, -0.15) is 4.99 Å². The molecule has 0 bridgehead atoms. The van der Waals surface area contributed by atoms with Crippen LogP contribution in [0.3, 0.4) is 0 Å². The minimum Gasteiger partial charge on any atom is -0.316 e. The van der Waals surface area contributed by atoms with Crippen LogP contribution in [-0.4, -0.2) is 25.1 Å². The van der Waals surface area contributed by atoms with Crippen LogP contribution < -0.4 is 4.80 Å². The minimum atomic E-state index is -3.24. The van der Waals surface area contributed by atoms with Crippen LogP contribution in [0, 0.1) is 0 Å². The Kier molecular flexibility index (Phi) is 5.18. The van der Waals surface area contributed by atoms with E-state index < -0.39 is 9.84 Å². The molecule has 1 heterocycles. The summed E-state index contributed by atoms with van der Waals surface area (Å²) < 4.78 is 26.2. The first-order valence-corrected chi connectivity index (χ1v) is 9.98. The molecule has 0 aliphatic rings. The van der Waals surface area contributed by atoms with Gasteiger partial charge in [-0.15, -0.1) is 0 Å². The van der Waals surface area contributed by atoms with Crippen molar-refractivity contribution in [3.63, 3.8) is 0 Å². The number of hydrogen-bond donors (Lipinski definition) is 0. The molecular formula is C15H20N2O3S2. The van der Waals surface area contributed by atoms with Gasteiger partial charge in [0.2, 0.25) is 5.91 Å². The van der Waals surface area contributed by atoms with Crippen molar-refractivity contribution >= 4 is 37.3 Å². The molecule has 0 aliphatic carbocycles. The summed E-state index contributed by atoms with van der Waals surface area (Å²) in [7, 11) is -3.24. The molecule has 120 valence electrons. The molecule has 0 aliphatic heterocycles. The van der Waals surface area contributed by atoms with Crippen molar-refractivity contribution in [2.45, 2.75) is 44.6 Å². The number of rotatable bonds is 5. The predicted molar refractivity (Wildman–Crippen MR) is 88.7 cm³/mol. The average molecular weight is 340 g/mol. The van der Waals surface area contributed by atoms with Gasteiger partial charge >= 0.3 is 0 Å². The van der Waals surface area contributed by atoms with Crippen LogP contribution in [0.25, 0.3) is 10.2 Å². The van der Waals surface area contributed by atoms with Crippen LogP contribution in [0.4, 0.5) is 0 Å². The number of sulfone groups is 1. The quantitative estimate of drug-likeness (QED) is 0.840. The Hall–Kier alpha value is -1.47. The van der Waals surface area contributed by atoms with Crippen molar-refractivity contribution in [2.24, 2.45) is 4.99 Å². The van der Waals surface area contributed by atoms with E-state index in [1.54, 1.807) is 18.2 Å². The number of benzene rings is 1. The summed E-state index contributed by atoms with van der Waals surface area (Å²) in [5, 5.41) is 0. The maximum absolute atomic E-state index is 11.8. The average Bonchev–Trinajstić information content (AvgIpc) is 2.75. The smallest absolute Gasteiger partial charge is 0.248 e. The van der Waals surface area contributed by atoms with Crippen LogP contribution in [-0.2, 0) is 21.2 Å². The predicted octanol–water partition coefficient (Wildman–Crippen LogP) is 2.74. The molecule has 0 radical (unpaired) electrons. The van der Waals surface area contributed by atoms with Gasteiger partial charge in [-0.3, -0.25) is 4.79 Å². The maximum Gasteiger partial charge on any atom is 0.248 e. The molecule has 0 N–H and O–H groups in total. The molecule has 1 aromatic heterocycles. The first-order chi connectivity index (χ1) is 10.4. The summed E-state index contributed by atoms with van der Waals surface area (Å²) >= 11 is 1.36. The summed E-state index contributed by atoms with van der Waals surface area (Å²) in [5.41, 5.74) is 0.919. The van der Waals surface area contributed by atoms with Crippen LogP contribution in [0.15, 0.2) is 28.1 Å². The zero-order chi connectivity index (χ0) is 16.3. The summed E-state index contributed by atoms with van der Waals surface area (Å²) in [5.74, 6) is -0.137. The maximum atomic E-state index is 11.8. The lowest BCUT2D eigenvalue weighted by Gasteiger charge is -2.03. The lowest BCUT2D eigenvalue weighted by Crippen LogP contribution is -2.16. The van der Waals surface area contributed by atoms with E-state index in [1.807, 2.05) is 11.5 Å². The van der Waals surface area contributed by atoms with Crippen LogP contribution in [0.1, 0.15) is 33.1 Å². The topological polar surface area (TPSA) is 68.5 Å². The summed E-state index contributed by atoms with van der Waals surface area (Å²) in [6.45, 7) is 4.74.